The highest BCUT2D eigenvalue weighted by Gasteiger charge is 2.27. The van der Waals surface area contributed by atoms with Crippen molar-refractivity contribution in [1.82, 2.24) is 0 Å². The average Bonchev–Trinajstić information content (AvgIpc) is 2.57. The number of ether oxygens (including phenoxy) is 1. The van der Waals surface area contributed by atoms with E-state index in [0.29, 0.717) is 6.10 Å². The van der Waals surface area contributed by atoms with Crippen LogP contribution >= 0.6 is 0 Å². The summed E-state index contributed by atoms with van der Waals surface area (Å²) in [6.45, 7) is 2.20. The molecular formula is C20H22O. The van der Waals surface area contributed by atoms with Crippen molar-refractivity contribution >= 4 is 0 Å². The Morgan fingerprint density at radius 2 is 1.52 bits per heavy atom. The van der Waals surface area contributed by atoms with Crippen LogP contribution in [-0.4, -0.2) is 12.2 Å². The van der Waals surface area contributed by atoms with Gasteiger partial charge in [0.15, 0.2) is 0 Å². The molecule has 0 aromatic heterocycles. The summed E-state index contributed by atoms with van der Waals surface area (Å²) in [6, 6.07) is 21.4. The van der Waals surface area contributed by atoms with Gasteiger partial charge in [0, 0.05) is 5.92 Å². The zero-order valence-electron chi connectivity index (χ0n) is 12.5. The Morgan fingerprint density at radius 1 is 0.952 bits per heavy atom. The van der Waals surface area contributed by atoms with Crippen molar-refractivity contribution in [2.75, 3.05) is 0 Å². The smallest absolute Gasteiger partial charge is 0.0868 e. The Bertz CT molecular complexity index is 534. The van der Waals surface area contributed by atoms with Crippen LogP contribution in [0.15, 0.2) is 72.8 Å². The van der Waals surface area contributed by atoms with Crippen LogP contribution in [0.1, 0.15) is 36.8 Å². The first kappa shape index (κ1) is 14.1. The molecule has 2 atom stereocenters. The van der Waals surface area contributed by atoms with E-state index in [4.69, 9.17) is 4.74 Å². The zero-order chi connectivity index (χ0) is 14.5. The molecule has 0 spiro atoms. The SMILES string of the molecule is CC[C@H]1CC=C[C@@H](C(c2ccccc2)c2ccccc2)O1. The highest BCUT2D eigenvalue weighted by Crippen LogP contribution is 2.33. The van der Waals surface area contributed by atoms with Crippen molar-refractivity contribution in [2.24, 2.45) is 0 Å². The predicted molar refractivity (Wildman–Crippen MR) is 87.4 cm³/mol. The van der Waals surface area contributed by atoms with E-state index in [1.54, 1.807) is 0 Å². The molecule has 0 bridgehead atoms. The van der Waals surface area contributed by atoms with Crippen molar-refractivity contribution < 1.29 is 4.74 Å². The molecule has 0 aliphatic carbocycles. The number of hydrogen-bond donors (Lipinski definition) is 0. The highest BCUT2D eigenvalue weighted by molar-refractivity contribution is 5.35. The summed E-state index contributed by atoms with van der Waals surface area (Å²) in [4.78, 5) is 0. The van der Waals surface area contributed by atoms with E-state index in [-0.39, 0.29) is 12.0 Å². The second-order valence-electron chi connectivity index (χ2n) is 5.59. The van der Waals surface area contributed by atoms with Gasteiger partial charge in [-0.05, 0) is 24.0 Å². The molecule has 1 heteroatoms. The summed E-state index contributed by atoms with van der Waals surface area (Å²) in [6.07, 6.45) is 7.07. The zero-order valence-corrected chi connectivity index (χ0v) is 12.5. The van der Waals surface area contributed by atoms with Crippen molar-refractivity contribution in [3.8, 4) is 0 Å². The first-order chi connectivity index (χ1) is 10.4. The van der Waals surface area contributed by atoms with Crippen molar-refractivity contribution in [2.45, 2.75) is 37.9 Å². The van der Waals surface area contributed by atoms with Gasteiger partial charge in [-0.15, -0.1) is 0 Å². The fourth-order valence-electron chi connectivity index (χ4n) is 3.03. The first-order valence-electron chi connectivity index (χ1n) is 7.80. The fourth-order valence-corrected chi connectivity index (χ4v) is 3.03. The van der Waals surface area contributed by atoms with Gasteiger partial charge < -0.3 is 4.74 Å². The van der Waals surface area contributed by atoms with Crippen molar-refractivity contribution in [1.29, 1.82) is 0 Å². The third-order valence-electron chi connectivity index (χ3n) is 4.18. The molecule has 0 N–H and O–H groups in total. The Morgan fingerprint density at radius 3 is 2.05 bits per heavy atom. The van der Waals surface area contributed by atoms with E-state index >= 15 is 0 Å². The summed E-state index contributed by atoms with van der Waals surface area (Å²) in [7, 11) is 0. The van der Waals surface area contributed by atoms with E-state index in [9.17, 15) is 0 Å². The molecule has 0 saturated carbocycles. The van der Waals surface area contributed by atoms with Gasteiger partial charge in [0.05, 0.1) is 12.2 Å². The van der Waals surface area contributed by atoms with Gasteiger partial charge in [-0.2, -0.15) is 0 Å². The van der Waals surface area contributed by atoms with E-state index in [1.807, 2.05) is 0 Å². The van der Waals surface area contributed by atoms with E-state index in [1.165, 1.54) is 11.1 Å². The summed E-state index contributed by atoms with van der Waals surface area (Å²) >= 11 is 0. The molecule has 0 fully saturated rings. The lowest BCUT2D eigenvalue weighted by molar-refractivity contribution is -0.00311. The van der Waals surface area contributed by atoms with Crippen LogP contribution in [0.2, 0.25) is 0 Å². The molecule has 108 valence electrons. The summed E-state index contributed by atoms with van der Waals surface area (Å²) in [5.74, 6) is 0.262. The quantitative estimate of drug-likeness (QED) is 0.720. The largest absolute Gasteiger partial charge is 0.370 e. The molecule has 3 rings (SSSR count). The topological polar surface area (TPSA) is 9.23 Å². The van der Waals surface area contributed by atoms with E-state index < -0.39 is 0 Å². The lowest BCUT2D eigenvalue weighted by Gasteiger charge is -2.32. The first-order valence-corrected chi connectivity index (χ1v) is 7.80. The second kappa shape index (κ2) is 6.73. The molecule has 0 unspecified atom stereocenters. The van der Waals surface area contributed by atoms with E-state index in [0.717, 1.165) is 12.8 Å². The van der Waals surface area contributed by atoms with E-state index in [2.05, 4.69) is 79.7 Å². The molecule has 0 saturated heterocycles. The van der Waals surface area contributed by atoms with Crippen LogP contribution in [0.3, 0.4) is 0 Å². The third kappa shape index (κ3) is 3.25. The molecule has 2 aromatic carbocycles. The Labute approximate surface area is 127 Å². The fraction of sp³-hybridized carbons (Fsp3) is 0.300. The molecule has 2 aromatic rings. The van der Waals surface area contributed by atoms with Crippen LogP contribution in [0.4, 0.5) is 0 Å². The Hall–Kier alpha value is -1.86. The van der Waals surface area contributed by atoms with Gasteiger partial charge in [0.1, 0.15) is 0 Å². The van der Waals surface area contributed by atoms with Crippen molar-refractivity contribution in [3.63, 3.8) is 0 Å². The number of rotatable bonds is 4. The maximum atomic E-state index is 6.32. The maximum absolute atomic E-state index is 6.32. The van der Waals surface area contributed by atoms with Gasteiger partial charge >= 0.3 is 0 Å². The van der Waals surface area contributed by atoms with Crippen LogP contribution in [-0.2, 0) is 4.74 Å². The lowest BCUT2D eigenvalue weighted by Crippen LogP contribution is -2.29. The maximum Gasteiger partial charge on any atom is 0.0868 e. The average molecular weight is 278 g/mol. The Kier molecular flexibility index (Phi) is 4.52. The minimum atomic E-state index is 0.119. The minimum Gasteiger partial charge on any atom is -0.370 e. The van der Waals surface area contributed by atoms with Crippen LogP contribution in [0.25, 0.3) is 0 Å². The highest BCUT2D eigenvalue weighted by atomic mass is 16.5. The molecule has 1 heterocycles. The van der Waals surface area contributed by atoms with Gasteiger partial charge in [-0.25, -0.2) is 0 Å². The van der Waals surface area contributed by atoms with Gasteiger partial charge in [-0.3, -0.25) is 0 Å². The summed E-state index contributed by atoms with van der Waals surface area (Å²) < 4.78 is 6.32. The standard InChI is InChI=1S/C20H22O/c1-2-18-14-9-15-19(21-18)20(16-10-5-3-6-11-16)17-12-7-4-8-13-17/h3-13,15,18-20H,2,14H2,1H3/t18-,19-/m0/s1. The molecule has 1 nitrogen and oxygen atoms in total. The Balaban J connectivity index is 1.97. The lowest BCUT2D eigenvalue weighted by atomic mass is 9.85. The monoisotopic (exact) mass is 278 g/mol. The summed E-state index contributed by atoms with van der Waals surface area (Å²) in [5, 5.41) is 0. The van der Waals surface area contributed by atoms with Crippen molar-refractivity contribution in [3.05, 3.63) is 83.9 Å². The number of hydrogen-bond acceptors (Lipinski definition) is 1. The third-order valence-corrected chi connectivity index (χ3v) is 4.18. The van der Waals surface area contributed by atoms with Gasteiger partial charge in [0.25, 0.3) is 0 Å². The molecule has 21 heavy (non-hydrogen) atoms. The van der Waals surface area contributed by atoms with Gasteiger partial charge in [-0.1, -0.05) is 79.7 Å². The van der Waals surface area contributed by atoms with Crippen LogP contribution in [0.5, 0.6) is 0 Å². The van der Waals surface area contributed by atoms with Crippen LogP contribution < -0.4 is 0 Å². The van der Waals surface area contributed by atoms with Gasteiger partial charge in [0.2, 0.25) is 0 Å². The molecule has 0 amide bonds. The molecule has 1 aliphatic rings. The van der Waals surface area contributed by atoms with Crippen LogP contribution in [0, 0.1) is 0 Å². The normalized spacial score (nSPS) is 21.6. The molecule has 0 radical (unpaired) electrons. The predicted octanol–water partition coefficient (Wildman–Crippen LogP) is 4.94. The second-order valence-corrected chi connectivity index (χ2v) is 5.59. The summed E-state index contributed by atoms with van der Waals surface area (Å²) in [5.41, 5.74) is 2.63. The molecule has 1 aliphatic heterocycles. The number of benzene rings is 2. The minimum absolute atomic E-state index is 0.119. The molecular weight excluding hydrogens is 256 g/mol.